The number of halogens is 1. The highest BCUT2D eigenvalue weighted by Crippen LogP contribution is 2.30. The number of carbonyl (C=O) groups excluding carboxylic acids is 2. The maximum Gasteiger partial charge on any atom is 0.299 e. The van der Waals surface area contributed by atoms with E-state index >= 15 is 0 Å². The molecule has 1 aliphatic heterocycles. The molecular weight excluding hydrogens is 308 g/mol. The molecule has 0 spiro atoms. The first-order valence-electron chi connectivity index (χ1n) is 6.57. The summed E-state index contributed by atoms with van der Waals surface area (Å²) in [5.41, 5.74) is 1.25. The Morgan fingerprint density at radius 3 is 2.53 bits per heavy atom. The SMILES string of the molecule is CC[NH+](CC)CCN1C(=O)C(=O)c2cc(Br)ccc21. The van der Waals surface area contributed by atoms with Gasteiger partial charge in [0.1, 0.15) is 0 Å². The number of nitrogens with zero attached hydrogens (tertiary/aromatic N) is 1. The number of fused-ring (bicyclic) bond motifs is 1. The monoisotopic (exact) mass is 325 g/mol. The Labute approximate surface area is 121 Å². The van der Waals surface area contributed by atoms with Crippen molar-refractivity contribution in [1.29, 1.82) is 0 Å². The maximum atomic E-state index is 12.0. The van der Waals surface area contributed by atoms with E-state index in [1.54, 1.807) is 11.0 Å². The number of hydrogen-bond donors (Lipinski definition) is 1. The Balaban J connectivity index is 2.19. The maximum absolute atomic E-state index is 12.0. The second-order valence-electron chi connectivity index (χ2n) is 4.65. The van der Waals surface area contributed by atoms with Crippen LogP contribution in [0.2, 0.25) is 0 Å². The van der Waals surface area contributed by atoms with Gasteiger partial charge in [0, 0.05) is 4.47 Å². The summed E-state index contributed by atoms with van der Waals surface area (Å²) >= 11 is 3.33. The molecule has 5 heteroatoms. The number of rotatable bonds is 5. The van der Waals surface area contributed by atoms with Gasteiger partial charge in [-0.2, -0.15) is 0 Å². The molecule has 4 nitrogen and oxygen atoms in total. The van der Waals surface area contributed by atoms with E-state index in [1.807, 2.05) is 12.1 Å². The first kappa shape index (κ1) is 14.2. The van der Waals surface area contributed by atoms with Crippen molar-refractivity contribution in [2.45, 2.75) is 13.8 Å². The summed E-state index contributed by atoms with van der Waals surface area (Å²) in [6.07, 6.45) is 0. The van der Waals surface area contributed by atoms with E-state index in [2.05, 4.69) is 29.8 Å². The Morgan fingerprint density at radius 1 is 1.21 bits per heavy atom. The second-order valence-corrected chi connectivity index (χ2v) is 5.57. The molecular formula is C14H18BrN2O2+. The quantitative estimate of drug-likeness (QED) is 0.817. The van der Waals surface area contributed by atoms with Gasteiger partial charge in [-0.3, -0.25) is 14.5 Å². The van der Waals surface area contributed by atoms with Crippen LogP contribution in [0.1, 0.15) is 24.2 Å². The molecule has 0 bridgehead atoms. The molecule has 0 fully saturated rings. The summed E-state index contributed by atoms with van der Waals surface area (Å²) in [7, 11) is 0. The lowest BCUT2D eigenvalue weighted by Crippen LogP contribution is -3.12. The van der Waals surface area contributed by atoms with E-state index in [4.69, 9.17) is 0 Å². The second kappa shape index (κ2) is 5.84. The molecule has 2 rings (SSSR count). The zero-order valence-electron chi connectivity index (χ0n) is 11.2. The van der Waals surface area contributed by atoms with Gasteiger partial charge in [-0.25, -0.2) is 0 Å². The first-order valence-corrected chi connectivity index (χ1v) is 7.37. The van der Waals surface area contributed by atoms with Crippen molar-refractivity contribution < 1.29 is 14.5 Å². The number of hydrogen-bond acceptors (Lipinski definition) is 2. The van der Waals surface area contributed by atoms with Crippen LogP contribution in [0.4, 0.5) is 5.69 Å². The highest BCUT2D eigenvalue weighted by atomic mass is 79.9. The van der Waals surface area contributed by atoms with Crippen LogP contribution in [-0.4, -0.2) is 37.9 Å². The highest BCUT2D eigenvalue weighted by molar-refractivity contribution is 9.10. The molecule has 0 aliphatic carbocycles. The van der Waals surface area contributed by atoms with Crippen molar-refractivity contribution >= 4 is 33.3 Å². The molecule has 0 unspecified atom stereocenters. The summed E-state index contributed by atoms with van der Waals surface area (Å²) in [6.45, 7) is 7.76. The highest BCUT2D eigenvalue weighted by Gasteiger charge is 2.36. The number of Topliss-reactive ketones (excluding diaryl/α,β-unsaturated/α-hetero) is 1. The number of quaternary nitrogens is 1. The number of carbonyl (C=O) groups is 2. The molecule has 0 atom stereocenters. The predicted molar refractivity (Wildman–Crippen MR) is 77.7 cm³/mol. The van der Waals surface area contributed by atoms with Gasteiger partial charge in [0.05, 0.1) is 37.4 Å². The third kappa shape index (κ3) is 2.72. The van der Waals surface area contributed by atoms with E-state index in [9.17, 15) is 9.59 Å². The number of nitrogens with one attached hydrogen (secondary N) is 1. The van der Waals surface area contributed by atoms with Crippen LogP contribution in [-0.2, 0) is 4.79 Å². The normalized spacial score (nSPS) is 14.4. The molecule has 1 heterocycles. The molecule has 1 aliphatic rings. The fraction of sp³-hybridized carbons (Fsp3) is 0.429. The number of likely N-dealkylation sites (N-methyl/N-ethyl adjacent to an activating group) is 1. The van der Waals surface area contributed by atoms with Crippen molar-refractivity contribution in [3.05, 3.63) is 28.2 Å². The van der Waals surface area contributed by atoms with Gasteiger partial charge < -0.3 is 4.90 Å². The van der Waals surface area contributed by atoms with E-state index in [-0.39, 0.29) is 0 Å². The smallest absolute Gasteiger partial charge is 0.299 e. The Morgan fingerprint density at radius 2 is 1.89 bits per heavy atom. The van der Waals surface area contributed by atoms with E-state index in [0.717, 1.165) is 29.8 Å². The van der Waals surface area contributed by atoms with Gasteiger partial charge >= 0.3 is 0 Å². The van der Waals surface area contributed by atoms with E-state index in [1.165, 1.54) is 4.90 Å². The lowest BCUT2D eigenvalue weighted by atomic mass is 10.1. The van der Waals surface area contributed by atoms with E-state index < -0.39 is 11.7 Å². The van der Waals surface area contributed by atoms with Crippen LogP contribution < -0.4 is 9.80 Å². The lowest BCUT2D eigenvalue weighted by Gasteiger charge is -2.20. The third-order valence-corrected chi connectivity index (χ3v) is 4.12. The fourth-order valence-corrected chi connectivity index (χ4v) is 2.73. The molecule has 1 aromatic rings. The number of ketones is 1. The van der Waals surface area contributed by atoms with Gasteiger partial charge in [-0.1, -0.05) is 15.9 Å². The van der Waals surface area contributed by atoms with Gasteiger partial charge in [0.2, 0.25) is 0 Å². The van der Waals surface area contributed by atoms with Crippen LogP contribution in [0.3, 0.4) is 0 Å². The van der Waals surface area contributed by atoms with Crippen molar-refractivity contribution in [2.75, 3.05) is 31.1 Å². The molecule has 1 aromatic carbocycles. The van der Waals surface area contributed by atoms with E-state index in [0.29, 0.717) is 12.1 Å². The number of benzene rings is 1. The van der Waals surface area contributed by atoms with Crippen LogP contribution in [0.15, 0.2) is 22.7 Å². The topological polar surface area (TPSA) is 41.8 Å². The standard InChI is InChI=1S/C14H17BrN2O2/c1-3-16(4-2)7-8-17-12-6-5-10(15)9-11(12)13(18)14(17)19/h5-6,9H,3-4,7-8H2,1-2H3/p+1. The molecule has 102 valence electrons. The summed E-state index contributed by atoms with van der Waals surface area (Å²) in [4.78, 5) is 27.0. The van der Waals surface area contributed by atoms with Crippen LogP contribution in [0.5, 0.6) is 0 Å². The molecule has 1 amide bonds. The summed E-state index contributed by atoms with van der Waals surface area (Å²) in [6, 6.07) is 5.42. The molecule has 0 aromatic heterocycles. The first-order chi connectivity index (χ1) is 9.08. The zero-order valence-corrected chi connectivity index (χ0v) is 12.8. The number of anilines is 1. The molecule has 19 heavy (non-hydrogen) atoms. The third-order valence-electron chi connectivity index (χ3n) is 3.62. The minimum atomic E-state index is -0.403. The predicted octanol–water partition coefficient (Wildman–Crippen LogP) is 0.903. The van der Waals surface area contributed by atoms with Gasteiger partial charge in [0.15, 0.2) is 0 Å². The molecule has 1 N–H and O–H groups in total. The minimum absolute atomic E-state index is 0.397. The fourth-order valence-electron chi connectivity index (χ4n) is 2.37. The Hall–Kier alpha value is -1.20. The van der Waals surface area contributed by atoms with Gasteiger partial charge in [-0.15, -0.1) is 0 Å². The van der Waals surface area contributed by atoms with Gasteiger partial charge in [-0.05, 0) is 32.0 Å². The lowest BCUT2D eigenvalue weighted by molar-refractivity contribution is -0.894. The molecule has 0 saturated carbocycles. The van der Waals surface area contributed by atoms with Crippen LogP contribution >= 0.6 is 15.9 Å². The largest absolute Gasteiger partial charge is 0.334 e. The minimum Gasteiger partial charge on any atom is -0.334 e. The van der Waals surface area contributed by atoms with Crippen molar-refractivity contribution in [3.63, 3.8) is 0 Å². The summed E-state index contributed by atoms with van der Waals surface area (Å²) < 4.78 is 0.823. The zero-order chi connectivity index (χ0) is 14.0. The van der Waals surface area contributed by atoms with Crippen LogP contribution in [0, 0.1) is 0 Å². The number of amides is 1. The summed E-state index contributed by atoms with van der Waals surface area (Å²) in [5.74, 6) is -0.800. The van der Waals surface area contributed by atoms with Crippen molar-refractivity contribution in [2.24, 2.45) is 0 Å². The molecule has 0 radical (unpaired) electrons. The van der Waals surface area contributed by atoms with Gasteiger partial charge in [0.25, 0.3) is 11.7 Å². The van der Waals surface area contributed by atoms with Crippen molar-refractivity contribution in [3.8, 4) is 0 Å². The summed E-state index contributed by atoms with van der Waals surface area (Å²) in [5, 5.41) is 0. The van der Waals surface area contributed by atoms with Crippen LogP contribution in [0.25, 0.3) is 0 Å². The molecule has 0 saturated heterocycles. The van der Waals surface area contributed by atoms with Crippen molar-refractivity contribution in [1.82, 2.24) is 0 Å². The Kier molecular flexibility index (Phi) is 4.37. The average Bonchev–Trinajstić information content (AvgIpc) is 2.64. The average molecular weight is 326 g/mol. The Bertz CT molecular complexity index is 512.